The van der Waals surface area contributed by atoms with Crippen LogP contribution < -0.4 is 10.1 Å². The van der Waals surface area contributed by atoms with Gasteiger partial charge in [-0.3, -0.25) is 9.78 Å². The van der Waals surface area contributed by atoms with Crippen LogP contribution in [0.5, 0.6) is 11.5 Å². The van der Waals surface area contributed by atoms with E-state index in [1.165, 1.54) is 18.3 Å². The molecule has 1 aromatic heterocycles. The molecule has 0 bridgehead atoms. The normalized spacial score (nSPS) is 17.7. The fourth-order valence-corrected chi connectivity index (χ4v) is 3.31. The van der Waals surface area contributed by atoms with Gasteiger partial charge in [-0.25, -0.2) is 4.39 Å². The van der Waals surface area contributed by atoms with Crippen molar-refractivity contribution in [1.82, 2.24) is 15.2 Å². The number of likely N-dealkylation sites (tertiary alicyclic amines) is 1. The van der Waals surface area contributed by atoms with Crippen molar-refractivity contribution in [1.29, 1.82) is 0 Å². The highest BCUT2D eigenvalue weighted by Gasteiger charge is 2.22. The van der Waals surface area contributed by atoms with E-state index in [0.717, 1.165) is 25.9 Å². The molecule has 1 unspecified atom stereocenters. The minimum atomic E-state index is -0.452. The van der Waals surface area contributed by atoms with E-state index >= 15 is 0 Å². The standard InChI is InChI=1S/C21H26FN3O2/c1-15(2)25-11-5-6-16(14-25)13-24-21(26)19-12-17(9-10-23-19)27-20-8-4-3-7-18(20)22/h3-4,7-10,12,15-16H,5-6,11,13-14H2,1-2H3,(H,24,26). The molecule has 1 saturated heterocycles. The molecule has 1 N–H and O–H groups in total. The molecular weight excluding hydrogens is 345 g/mol. The van der Waals surface area contributed by atoms with E-state index in [-0.39, 0.29) is 17.4 Å². The Morgan fingerprint density at radius 3 is 2.96 bits per heavy atom. The van der Waals surface area contributed by atoms with Crippen molar-refractivity contribution >= 4 is 5.91 Å². The molecule has 3 rings (SSSR count). The summed E-state index contributed by atoms with van der Waals surface area (Å²) in [5.41, 5.74) is 0.264. The van der Waals surface area contributed by atoms with Gasteiger partial charge >= 0.3 is 0 Å². The second-order valence-electron chi connectivity index (χ2n) is 7.22. The van der Waals surface area contributed by atoms with Gasteiger partial charge in [0.25, 0.3) is 5.91 Å². The lowest BCUT2D eigenvalue weighted by molar-refractivity contribution is 0.0917. The predicted octanol–water partition coefficient (Wildman–Crippen LogP) is 3.86. The quantitative estimate of drug-likeness (QED) is 0.838. The van der Waals surface area contributed by atoms with Gasteiger partial charge in [-0.15, -0.1) is 0 Å². The van der Waals surface area contributed by atoms with Crippen LogP contribution in [-0.4, -0.2) is 41.5 Å². The number of halogens is 1. The monoisotopic (exact) mass is 371 g/mol. The number of nitrogens with one attached hydrogen (secondary N) is 1. The summed E-state index contributed by atoms with van der Waals surface area (Å²) in [6, 6.07) is 9.82. The van der Waals surface area contributed by atoms with Crippen molar-refractivity contribution < 1.29 is 13.9 Å². The third kappa shape index (κ3) is 5.26. The highest BCUT2D eigenvalue weighted by atomic mass is 19.1. The molecule has 5 nitrogen and oxygen atoms in total. The lowest BCUT2D eigenvalue weighted by Gasteiger charge is -2.35. The van der Waals surface area contributed by atoms with Crippen molar-refractivity contribution in [3.63, 3.8) is 0 Å². The molecule has 1 fully saturated rings. The zero-order chi connectivity index (χ0) is 19.2. The number of hydrogen-bond donors (Lipinski definition) is 1. The van der Waals surface area contributed by atoms with Crippen LogP contribution in [0.1, 0.15) is 37.2 Å². The summed E-state index contributed by atoms with van der Waals surface area (Å²) in [4.78, 5) is 19.0. The number of amides is 1. The number of rotatable bonds is 6. The Labute approximate surface area is 159 Å². The van der Waals surface area contributed by atoms with Gasteiger partial charge in [0.2, 0.25) is 0 Å². The largest absolute Gasteiger partial charge is 0.454 e. The van der Waals surface area contributed by atoms with Gasteiger partial charge in [0.05, 0.1) is 0 Å². The first-order chi connectivity index (χ1) is 13.0. The van der Waals surface area contributed by atoms with Crippen molar-refractivity contribution in [3.8, 4) is 11.5 Å². The maximum Gasteiger partial charge on any atom is 0.270 e. The molecule has 0 aliphatic carbocycles. The molecule has 144 valence electrons. The van der Waals surface area contributed by atoms with E-state index in [1.54, 1.807) is 24.3 Å². The second kappa shape index (κ2) is 8.95. The highest BCUT2D eigenvalue weighted by Crippen LogP contribution is 2.24. The number of benzene rings is 1. The molecule has 6 heteroatoms. The third-order valence-electron chi connectivity index (χ3n) is 4.86. The number of carbonyl (C=O) groups is 1. The Bertz CT molecular complexity index is 782. The molecule has 0 spiro atoms. The zero-order valence-electron chi connectivity index (χ0n) is 15.8. The highest BCUT2D eigenvalue weighted by molar-refractivity contribution is 5.92. The smallest absolute Gasteiger partial charge is 0.270 e. The van der Waals surface area contributed by atoms with Crippen LogP contribution >= 0.6 is 0 Å². The van der Waals surface area contributed by atoms with Gasteiger partial charge in [-0.05, 0) is 57.4 Å². The van der Waals surface area contributed by atoms with Gasteiger partial charge in [0.1, 0.15) is 11.4 Å². The van der Waals surface area contributed by atoms with Crippen LogP contribution in [-0.2, 0) is 0 Å². The molecular formula is C21H26FN3O2. The molecule has 0 radical (unpaired) electrons. The van der Waals surface area contributed by atoms with Crippen LogP contribution in [0.4, 0.5) is 4.39 Å². The second-order valence-corrected chi connectivity index (χ2v) is 7.22. The van der Waals surface area contributed by atoms with E-state index in [1.807, 2.05) is 0 Å². The minimum Gasteiger partial charge on any atom is -0.454 e. The summed E-state index contributed by atoms with van der Waals surface area (Å²) in [6.45, 7) is 7.15. The summed E-state index contributed by atoms with van der Waals surface area (Å²) in [7, 11) is 0. The van der Waals surface area contributed by atoms with Crippen molar-refractivity contribution in [2.45, 2.75) is 32.7 Å². The Balaban J connectivity index is 1.58. The first-order valence-corrected chi connectivity index (χ1v) is 9.43. The maximum absolute atomic E-state index is 13.7. The third-order valence-corrected chi connectivity index (χ3v) is 4.86. The molecule has 1 aliphatic heterocycles. The summed E-state index contributed by atoms with van der Waals surface area (Å²) in [5, 5.41) is 2.97. The van der Waals surface area contributed by atoms with Crippen LogP contribution in [0, 0.1) is 11.7 Å². The van der Waals surface area contributed by atoms with Crippen molar-refractivity contribution in [2.24, 2.45) is 5.92 Å². The topological polar surface area (TPSA) is 54.5 Å². The van der Waals surface area contributed by atoms with Crippen LogP contribution in [0.15, 0.2) is 42.6 Å². The Kier molecular flexibility index (Phi) is 6.40. The number of hydrogen-bond acceptors (Lipinski definition) is 4. The minimum absolute atomic E-state index is 0.117. The first kappa shape index (κ1) is 19.3. The lowest BCUT2D eigenvalue weighted by atomic mass is 9.97. The molecule has 0 saturated carbocycles. The number of nitrogens with zero attached hydrogens (tertiary/aromatic N) is 2. The van der Waals surface area contributed by atoms with Gasteiger partial charge in [-0.1, -0.05) is 12.1 Å². The summed E-state index contributed by atoms with van der Waals surface area (Å²) in [6.07, 6.45) is 3.77. The van der Waals surface area contributed by atoms with Gasteiger partial charge in [0, 0.05) is 31.4 Å². The average molecular weight is 371 g/mol. The summed E-state index contributed by atoms with van der Waals surface area (Å²) < 4.78 is 19.3. The summed E-state index contributed by atoms with van der Waals surface area (Å²) >= 11 is 0. The van der Waals surface area contributed by atoms with Crippen LogP contribution in [0.25, 0.3) is 0 Å². The Morgan fingerprint density at radius 1 is 1.37 bits per heavy atom. The number of pyridine rings is 1. The van der Waals surface area contributed by atoms with Gasteiger partial charge in [0.15, 0.2) is 11.6 Å². The van der Waals surface area contributed by atoms with E-state index in [9.17, 15) is 9.18 Å². The Morgan fingerprint density at radius 2 is 2.19 bits per heavy atom. The Hall–Kier alpha value is -2.47. The molecule has 27 heavy (non-hydrogen) atoms. The van der Waals surface area contributed by atoms with Crippen LogP contribution in [0.2, 0.25) is 0 Å². The molecule has 2 aromatic rings. The molecule has 1 aromatic carbocycles. The number of piperidine rings is 1. The molecule has 1 atom stereocenters. The van der Waals surface area contributed by atoms with Crippen LogP contribution in [0.3, 0.4) is 0 Å². The molecule has 1 amide bonds. The number of ether oxygens (including phenoxy) is 1. The number of carbonyl (C=O) groups excluding carboxylic acids is 1. The number of aromatic nitrogens is 1. The number of para-hydroxylation sites is 1. The predicted molar refractivity (Wildman–Crippen MR) is 102 cm³/mol. The van der Waals surface area contributed by atoms with E-state index in [4.69, 9.17) is 4.74 Å². The lowest BCUT2D eigenvalue weighted by Crippen LogP contribution is -2.43. The average Bonchev–Trinajstić information content (AvgIpc) is 2.68. The van der Waals surface area contributed by atoms with Gasteiger partial charge in [-0.2, -0.15) is 0 Å². The van der Waals surface area contributed by atoms with Crippen molar-refractivity contribution in [3.05, 3.63) is 54.1 Å². The fourth-order valence-electron chi connectivity index (χ4n) is 3.31. The van der Waals surface area contributed by atoms with Gasteiger partial charge < -0.3 is 15.0 Å². The first-order valence-electron chi connectivity index (χ1n) is 9.43. The fraction of sp³-hybridized carbons (Fsp3) is 0.429. The zero-order valence-corrected chi connectivity index (χ0v) is 15.8. The summed E-state index contributed by atoms with van der Waals surface area (Å²) in [5.74, 6) is 0.251. The van der Waals surface area contributed by atoms with E-state index in [2.05, 4.69) is 29.0 Å². The van der Waals surface area contributed by atoms with E-state index < -0.39 is 5.82 Å². The maximum atomic E-state index is 13.7. The molecule has 2 heterocycles. The van der Waals surface area contributed by atoms with E-state index in [0.29, 0.717) is 24.3 Å². The SMILES string of the molecule is CC(C)N1CCCC(CNC(=O)c2cc(Oc3ccccc3F)ccn2)C1. The molecule has 1 aliphatic rings. The van der Waals surface area contributed by atoms with Crippen molar-refractivity contribution in [2.75, 3.05) is 19.6 Å².